The van der Waals surface area contributed by atoms with Crippen LogP contribution in [0.1, 0.15) is 33.6 Å². The van der Waals surface area contributed by atoms with E-state index in [1.165, 1.54) is 0 Å². The van der Waals surface area contributed by atoms with Crippen molar-refractivity contribution >= 4 is 0 Å². The van der Waals surface area contributed by atoms with E-state index in [-0.39, 0.29) is 6.10 Å². The molecule has 2 nitrogen and oxygen atoms in total. The SMILES string of the molecule is CCOCC(CC)C(O)CC. The van der Waals surface area contributed by atoms with E-state index in [1.54, 1.807) is 0 Å². The first-order valence-electron chi connectivity index (χ1n) is 4.51. The van der Waals surface area contributed by atoms with Gasteiger partial charge in [0.25, 0.3) is 0 Å². The first-order chi connectivity index (χ1) is 5.26. The molecule has 0 aliphatic rings. The van der Waals surface area contributed by atoms with Gasteiger partial charge in [-0.3, -0.25) is 0 Å². The molecule has 0 heterocycles. The molecule has 0 spiro atoms. The molecule has 1 N–H and O–H groups in total. The van der Waals surface area contributed by atoms with Crippen molar-refractivity contribution < 1.29 is 9.84 Å². The third-order valence-corrected chi connectivity index (χ3v) is 2.02. The Balaban J connectivity index is 3.56. The van der Waals surface area contributed by atoms with Crippen molar-refractivity contribution in [3.05, 3.63) is 0 Å². The van der Waals surface area contributed by atoms with Crippen molar-refractivity contribution in [1.82, 2.24) is 0 Å². The molecular weight excluding hydrogens is 140 g/mol. The lowest BCUT2D eigenvalue weighted by Crippen LogP contribution is -2.23. The van der Waals surface area contributed by atoms with Gasteiger partial charge in [-0.25, -0.2) is 0 Å². The average molecular weight is 160 g/mol. The van der Waals surface area contributed by atoms with E-state index in [9.17, 15) is 5.11 Å². The Morgan fingerprint density at radius 2 is 1.82 bits per heavy atom. The highest BCUT2D eigenvalue weighted by Crippen LogP contribution is 2.11. The van der Waals surface area contributed by atoms with Crippen LogP contribution in [0, 0.1) is 5.92 Å². The Morgan fingerprint density at radius 3 is 2.18 bits per heavy atom. The minimum atomic E-state index is -0.188. The van der Waals surface area contributed by atoms with Crippen molar-refractivity contribution in [3.8, 4) is 0 Å². The van der Waals surface area contributed by atoms with Crippen LogP contribution in [-0.4, -0.2) is 24.4 Å². The van der Waals surface area contributed by atoms with Crippen molar-refractivity contribution in [2.24, 2.45) is 5.92 Å². The summed E-state index contributed by atoms with van der Waals surface area (Å²) in [6.45, 7) is 7.50. The summed E-state index contributed by atoms with van der Waals surface area (Å²) in [5.74, 6) is 0.319. The predicted octanol–water partition coefficient (Wildman–Crippen LogP) is 1.82. The van der Waals surface area contributed by atoms with Gasteiger partial charge >= 0.3 is 0 Å². The van der Waals surface area contributed by atoms with Gasteiger partial charge in [0.05, 0.1) is 12.7 Å². The van der Waals surface area contributed by atoms with Gasteiger partial charge in [0.1, 0.15) is 0 Å². The summed E-state index contributed by atoms with van der Waals surface area (Å²) in [4.78, 5) is 0. The van der Waals surface area contributed by atoms with Crippen LogP contribution in [-0.2, 0) is 4.74 Å². The minimum Gasteiger partial charge on any atom is -0.393 e. The fourth-order valence-electron chi connectivity index (χ4n) is 1.10. The van der Waals surface area contributed by atoms with Crippen LogP contribution in [0.3, 0.4) is 0 Å². The zero-order valence-electron chi connectivity index (χ0n) is 7.84. The molecule has 0 saturated carbocycles. The number of hydrogen-bond acceptors (Lipinski definition) is 2. The summed E-state index contributed by atoms with van der Waals surface area (Å²) in [5, 5.41) is 9.46. The third-order valence-electron chi connectivity index (χ3n) is 2.02. The molecule has 0 saturated heterocycles. The summed E-state index contributed by atoms with van der Waals surface area (Å²) < 4.78 is 5.25. The molecular formula is C9H20O2. The van der Waals surface area contributed by atoms with Gasteiger partial charge in [0, 0.05) is 12.5 Å². The van der Waals surface area contributed by atoms with Gasteiger partial charge in [-0.1, -0.05) is 13.8 Å². The van der Waals surface area contributed by atoms with E-state index in [0.717, 1.165) is 19.4 Å². The van der Waals surface area contributed by atoms with Crippen LogP contribution in [0.4, 0.5) is 0 Å². The van der Waals surface area contributed by atoms with Crippen LogP contribution in [0.25, 0.3) is 0 Å². The number of ether oxygens (including phenoxy) is 1. The van der Waals surface area contributed by atoms with E-state index in [0.29, 0.717) is 12.5 Å². The molecule has 0 rings (SSSR count). The lowest BCUT2D eigenvalue weighted by molar-refractivity contribution is 0.0288. The number of aliphatic hydroxyl groups excluding tert-OH is 1. The van der Waals surface area contributed by atoms with Gasteiger partial charge < -0.3 is 9.84 Å². The first kappa shape index (κ1) is 10.9. The van der Waals surface area contributed by atoms with E-state index in [2.05, 4.69) is 6.92 Å². The highest BCUT2D eigenvalue weighted by molar-refractivity contribution is 4.64. The summed E-state index contributed by atoms with van der Waals surface area (Å²) in [6, 6.07) is 0. The normalized spacial score (nSPS) is 16.4. The lowest BCUT2D eigenvalue weighted by atomic mass is 9.99. The number of aliphatic hydroxyl groups is 1. The highest BCUT2D eigenvalue weighted by atomic mass is 16.5. The lowest BCUT2D eigenvalue weighted by Gasteiger charge is -2.19. The molecule has 0 aromatic rings. The maximum atomic E-state index is 9.46. The maximum absolute atomic E-state index is 9.46. The van der Waals surface area contributed by atoms with Crippen LogP contribution in [0.2, 0.25) is 0 Å². The number of rotatable bonds is 6. The third kappa shape index (κ3) is 4.38. The molecule has 11 heavy (non-hydrogen) atoms. The minimum absolute atomic E-state index is 0.188. The van der Waals surface area contributed by atoms with Crippen LogP contribution >= 0.6 is 0 Å². The van der Waals surface area contributed by atoms with E-state index in [4.69, 9.17) is 4.74 Å². The fraction of sp³-hybridized carbons (Fsp3) is 1.00. The molecule has 68 valence electrons. The Kier molecular flexibility index (Phi) is 6.57. The van der Waals surface area contributed by atoms with E-state index in [1.807, 2.05) is 13.8 Å². The largest absolute Gasteiger partial charge is 0.393 e. The standard InChI is InChI=1S/C9H20O2/c1-4-8(7-11-6-3)9(10)5-2/h8-10H,4-7H2,1-3H3. The second-order valence-electron chi connectivity index (χ2n) is 2.80. The number of hydrogen-bond donors (Lipinski definition) is 1. The summed E-state index contributed by atoms with van der Waals surface area (Å²) in [5.41, 5.74) is 0. The maximum Gasteiger partial charge on any atom is 0.0587 e. The summed E-state index contributed by atoms with van der Waals surface area (Å²) in [6.07, 6.45) is 1.63. The topological polar surface area (TPSA) is 29.5 Å². The van der Waals surface area contributed by atoms with E-state index >= 15 is 0 Å². The predicted molar refractivity (Wildman–Crippen MR) is 46.6 cm³/mol. The van der Waals surface area contributed by atoms with Gasteiger partial charge in [0.15, 0.2) is 0 Å². The molecule has 0 aliphatic carbocycles. The van der Waals surface area contributed by atoms with Crippen molar-refractivity contribution in [2.45, 2.75) is 39.7 Å². The monoisotopic (exact) mass is 160 g/mol. The molecule has 0 bridgehead atoms. The van der Waals surface area contributed by atoms with Crippen LogP contribution in [0.15, 0.2) is 0 Å². The van der Waals surface area contributed by atoms with Crippen LogP contribution < -0.4 is 0 Å². The highest BCUT2D eigenvalue weighted by Gasteiger charge is 2.14. The average Bonchev–Trinajstić information content (AvgIpc) is 2.05. The smallest absolute Gasteiger partial charge is 0.0587 e. The molecule has 0 aliphatic heterocycles. The van der Waals surface area contributed by atoms with Gasteiger partial charge in [-0.15, -0.1) is 0 Å². The molecule has 0 aromatic heterocycles. The van der Waals surface area contributed by atoms with Gasteiger partial charge in [0.2, 0.25) is 0 Å². The Hall–Kier alpha value is -0.0800. The second kappa shape index (κ2) is 6.62. The van der Waals surface area contributed by atoms with Crippen molar-refractivity contribution in [3.63, 3.8) is 0 Å². The van der Waals surface area contributed by atoms with E-state index < -0.39 is 0 Å². The molecule has 0 amide bonds. The van der Waals surface area contributed by atoms with Crippen molar-refractivity contribution in [1.29, 1.82) is 0 Å². The summed E-state index contributed by atoms with van der Waals surface area (Å²) in [7, 11) is 0. The quantitative estimate of drug-likeness (QED) is 0.642. The molecule has 0 aromatic carbocycles. The Bertz CT molecular complexity index is 83.6. The van der Waals surface area contributed by atoms with Crippen LogP contribution in [0.5, 0.6) is 0 Å². The molecule has 2 heteroatoms. The van der Waals surface area contributed by atoms with Gasteiger partial charge in [-0.2, -0.15) is 0 Å². The zero-order chi connectivity index (χ0) is 8.69. The van der Waals surface area contributed by atoms with Crippen molar-refractivity contribution in [2.75, 3.05) is 13.2 Å². The Labute approximate surface area is 69.6 Å². The molecule has 2 atom stereocenters. The summed E-state index contributed by atoms with van der Waals surface area (Å²) >= 11 is 0. The molecule has 0 fully saturated rings. The molecule has 0 radical (unpaired) electrons. The molecule has 2 unspecified atom stereocenters. The fourth-order valence-corrected chi connectivity index (χ4v) is 1.10. The second-order valence-corrected chi connectivity index (χ2v) is 2.80. The zero-order valence-corrected chi connectivity index (χ0v) is 7.84. The Morgan fingerprint density at radius 1 is 1.18 bits per heavy atom. The first-order valence-corrected chi connectivity index (χ1v) is 4.51. The van der Waals surface area contributed by atoms with Gasteiger partial charge in [-0.05, 0) is 19.8 Å².